The Kier molecular flexibility index (Phi) is 3.13. The molecule has 0 bridgehead atoms. The van der Waals surface area contributed by atoms with Crippen LogP contribution in [-0.4, -0.2) is 4.98 Å². The lowest BCUT2D eigenvalue weighted by Gasteiger charge is -2.14. The van der Waals surface area contributed by atoms with Crippen molar-refractivity contribution < 1.29 is 0 Å². The highest BCUT2D eigenvalue weighted by atomic mass is 35.5. The molecule has 14 heavy (non-hydrogen) atoms. The first kappa shape index (κ1) is 11.0. The highest BCUT2D eigenvalue weighted by Crippen LogP contribution is 2.29. The molecule has 0 unspecified atom stereocenters. The molecule has 0 fully saturated rings. The monoisotopic (exact) mass is 208 g/mol. The molecule has 0 aliphatic heterocycles. The van der Waals surface area contributed by atoms with E-state index in [1.807, 2.05) is 19.9 Å². The van der Waals surface area contributed by atoms with Crippen molar-refractivity contribution in [3.8, 4) is 6.07 Å². The minimum atomic E-state index is 0.325. The quantitative estimate of drug-likeness (QED) is 0.710. The zero-order valence-electron chi connectivity index (χ0n) is 8.85. The maximum Gasteiger partial charge on any atom is 0.159 e. The molecular weight excluding hydrogens is 196 g/mol. The Labute approximate surface area is 89.5 Å². The van der Waals surface area contributed by atoms with Gasteiger partial charge in [0.05, 0.1) is 5.02 Å². The van der Waals surface area contributed by atoms with Crippen LogP contribution in [0.5, 0.6) is 0 Å². The van der Waals surface area contributed by atoms with Crippen molar-refractivity contribution in [1.29, 1.82) is 5.26 Å². The average Bonchev–Trinajstić information content (AvgIpc) is 2.10. The summed E-state index contributed by atoms with van der Waals surface area (Å²) in [5.41, 5.74) is 3.35. The van der Waals surface area contributed by atoms with Crippen molar-refractivity contribution in [2.45, 2.75) is 33.6 Å². The van der Waals surface area contributed by atoms with E-state index in [4.69, 9.17) is 16.9 Å². The third-order valence-corrected chi connectivity index (χ3v) is 2.76. The van der Waals surface area contributed by atoms with Crippen molar-refractivity contribution in [3.63, 3.8) is 0 Å². The number of hydrogen-bond acceptors (Lipinski definition) is 2. The molecule has 0 aromatic carbocycles. The van der Waals surface area contributed by atoms with Crippen LogP contribution in [0.2, 0.25) is 5.02 Å². The van der Waals surface area contributed by atoms with Gasteiger partial charge in [-0.05, 0) is 30.9 Å². The topological polar surface area (TPSA) is 36.7 Å². The summed E-state index contributed by atoms with van der Waals surface area (Å²) in [4.78, 5) is 4.18. The van der Waals surface area contributed by atoms with E-state index >= 15 is 0 Å². The molecule has 1 rings (SSSR count). The van der Waals surface area contributed by atoms with Gasteiger partial charge in [-0.1, -0.05) is 25.4 Å². The van der Waals surface area contributed by atoms with Crippen LogP contribution in [0.15, 0.2) is 0 Å². The summed E-state index contributed by atoms with van der Waals surface area (Å²) < 4.78 is 0. The van der Waals surface area contributed by atoms with Crippen molar-refractivity contribution >= 4 is 11.6 Å². The van der Waals surface area contributed by atoms with Gasteiger partial charge < -0.3 is 0 Å². The number of rotatable bonds is 1. The van der Waals surface area contributed by atoms with E-state index in [-0.39, 0.29) is 0 Å². The SMILES string of the molecule is Cc1nc(C#N)c(Cl)c(C)c1C(C)C. The van der Waals surface area contributed by atoms with E-state index in [1.165, 1.54) is 0 Å². The highest BCUT2D eigenvalue weighted by molar-refractivity contribution is 6.32. The summed E-state index contributed by atoms with van der Waals surface area (Å²) in [7, 11) is 0. The number of halogens is 1. The van der Waals surface area contributed by atoms with Crippen molar-refractivity contribution in [3.05, 3.63) is 27.5 Å². The number of nitrogens with zero attached hydrogens (tertiary/aromatic N) is 2. The van der Waals surface area contributed by atoms with Crippen LogP contribution in [0.4, 0.5) is 0 Å². The molecule has 1 aromatic heterocycles. The molecule has 0 aliphatic carbocycles. The minimum absolute atomic E-state index is 0.325. The van der Waals surface area contributed by atoms with Crippen LogP contribution in [0.1, 0.15) is 42.3 Å². The Bertz CT molecular complexity index is 403. The molecule has 0 atom stereocenters. The van der Waals surface area contributed by atoms with Gasteiger partial charge in [0.1, 0.15) is 6.07 Å². The second-order valence-electron chi connectivity index (χ2n) is 3.66. The van der Waals surface area contributed by atoms with Crippen molar-refractivity contribution in [1.82, 2.24) is 4.98 Å². The molecule has 0 radical (unpaired) electrons. The summed E-state index contributed by atoms with van der Waals surface area (Å²) in [6.45, 7) is 8.05. The Morgan fingerprint density at radius 1 is 1.36 bits per heavy atom. The van der Waals surface area contributed by atoms with Crippen LogP contribution in [0.3, 0.4) is 0 Å². The normalized spacial score (nSPS) is 10.4. The molecule has 0 aliphatic rings. The Morgan fingerprint density at radius 3 is 2.36 bits per heavy atom. The molecule has 74 valence electrons. The third-order valence-electron chi connectivity index (χ3n) is 2.29. The fourth-order valence-corrected chi connectivity index (χ4v) is 1.96. The van der Waals surface area contributed by atoms with Gasteiger partial charge in [0.2, 0.25) is 0 Å². The van der Waals surface area contributed by atoms with E-state index in [0.717, 1.165) is 16.8 Å². The van der Waals surface area contributed by atoms with Gasteiger partial charge in [-0.3, -0.25) is 0 Å². The van der Waals surface area contributed by atoms with Gasteiger partial charge in [0.15, 0.2) is 5.69 Å². The van der Waals surface area contributed by atoms with Crippen LogP contribution in [0, 0.1) is 25.2 Å². The lowest BCUT2D eigenvalue weighted by Crippen LogP contribution is -2.02. The van der Waals surface area contributed by atoms with Gasteiger partial charge in [0, 0.05) is 5.69 Å². The molecule has 1 heterocycles. The summed E-state index contributed by atoms with van der Waals surface area (Å²) in [6, 6.07) is 2.00. The second-order valence-corrected chi connectivity index (χ2v) is 4.04. The van der Waals surface area contributed by atoms with E-state index in [1.54, 1.807) is 0 Å². The first-order valence-electron chi connectivity index (χ1n) is 4.55. The van der Waals surface area contributed by atoms with Gasteiger partial charge in [-0.25, -0.2) is 4.98 Å². The van der Waals surface area contributed by atoms with Crippen LogP contribution in [-0.2, 0) is 0 Å². The summed E-state index contributed by atoms with van der Waals surface area (Å²) >= 11 is 6.03. The second kappa shape index (κ2) is 3.98. The van der Waals surface area contributed by atoms with Gasteiger partial charge >= 0.3 is 0 Å². The van der Waals surface area contributed by atoms with E-state index in [2.05, 4.69) is 18.8 Å². The van der Waals surface area contributed by atoms with E-state index < -0.39 is 0 Å². The Morgan fingerprint density at radius 2 is 1.93 bits per heavy atom. The average molecular weight is 209 g/mol. The van der Waals surface area contributed by atoms with Crippen molar-refractivity contribution in [2.24, 2.45) is 0 Å². The number of aryl methyl sites for hydroxylation is 1. The van der Waals surface area contributed by atoms with Gasteiger partial charge in [0.25, 0.3) is 0 Å². The maximum absolute atomic E-state index is 8.80. The predicted molar refractivity (Wildman–Crippen MR) is 57.5 cm³/mol. The number of aromatic nitrogens is 1. The molecule has 0 saturated carbocycles. The molecule has 1 aromatic rings. The Balaban J connectivity index is 3.51. The van der Waals surface area contributed by atoms with Crippen LogP contribution >= 0.6 is 11.6 Å². The largest absolute Gasteiger partial charge is 0.241 e. The number of pyridine rings is 1. The van der Waals surface area contributed by atoms with Crippen LogP contribution in [0.25, 0.3) is 0 Å². The highest BCUT2D eigenvalue weighted by Gasteiger charge is 2.14. The molecule has 3 heteroatoms. The standard InChI is InChI=1S/C11H13ClN2/c1-6(2)10-7(3)11(12)9(5-13)14-8(10)4/h6H,1-4H3. The summed E-state index contributed by atoms with van der Waals surface area (Å²) in [6.07, 6.45) is 0. The molecule has 0 N–H and O–H groups in total. The van der Waals surface area contributed by atoms with Gasteiger partial charge in [-0.15, -0.1) is 0 Å². The van der Waals surface area contributed by atoms with Crippen molar-refractivity contribution in [2.75, 3.05) is 0 Å². The van der Waals surface area contributed by atoms with Gasteiger partial charge in [-0.2, -0.15) is 5.26 Å². The van der Waals surface area contributed by atoms with Crippen LogP contribution < -0.4 is 0 Å². The lowest BCUT2D eigenvalue weighted by atomic mass is 9.96. The molecule has 0 saturated heterocycles. The number of hydrogen-bond donors (Lipinski definition) is 0. The van der Waals surface area contributed by atoms with E-state index in [0.29, 0.717) is 16.6 Å². The minimum Gasteiger partial charge on any atom is -0.241 e. The number of nitriles is 1. The first-order chi connectivity index (χ1) is 6.49. The molecule has 0 amide bonds. The fraction of sp³-hybridized carbons (Fsp3) is 0.455. The Hall–Kier alpha value is -1.07. The molecular formula is C11H13ClN2. The molecule has 0 spiro atoms. The molecule has 2 nitrogen and oxygen atoms in total. The maximum atomic E-state index is 8.80. The summed E-state index contributed by atoms with van der Waals surface area (Å²) in [5, 5.41) is 9.29. The smallest absolute Gasteiger partial charge is 0.159 e. The van der Waals surface area contributed by atoms with E-state index in [9.17, 15) is 0 Å². The first-order valence-corrected chi connectivity index (χ1v) is 4.93. The zero-order valence-corrected chi connectivity index (χ0v) is 9.61. The predicted octanol–water partition coefficient (Wildman–Crippen LogP) is 3.35. The lowest BCUT2D eigenvalue weighted by molar-refractivity contribution is 0.830. The summed E-state index contributed by atoms with van der Waals surface area (Å²) in [5.74, 6) is 0.382. The fourth-order valence-electron chi connectivity index (χ4n) is 1.77. The zero-order chi connectivity index (χ0) is 10.9. The third kappa shape index (κ3) is 1.73.